The largest absolute Gasteiger partial charge is 0.206 e. The lowest BCUT2D eigenvalue weighted by Gasteiger charge is -2.31. The molecule has 172 valence electrons. The topological polar surface area (TPSA) is 0 Å². The highest BCUT2D eigenvalue weighted by atomic mass is 19.1. The second kappa shape index (κ2) is 11.3. The molecule has 0 amide bonds. The third-order valence-electron chi connectivity index (χ3n) is 8.38. The first kappa shape index (κ1) is 23.3. The van der Waals surface area contributed by atoms with Gasteiger partial charge in [-0.1, -0.05) is 61.4 Å². The highest BCUT2D eigenvalue weighted by Gasteiger charge is 2.26. The Morgan fingerprint density at radius 3 is 2.25 bits per heavy atom. The Balaban J connectivity index is 1.31. The Hall–Kier alpha value is -1.89. The quantitative estimate of drug-likeness (QED) is 0.364. The van der Waals surface area contributed by atoms with Crippen LogP contribution in [0.4, 0.5) is 4.39 Å². The Bertz CT molecular complexity index is 907. The molecular formula is C31H41F. The maximum Gasteiger partial charge on any atom is 0.134 e. The summed E-state index contributed by atoms with van der Waals surface area (Å²) in [5, 5.41) is 1.85. The van der Waals surface area contributed by atoms with Crippen molar-refractivity contribution in [1.29, 1.82) is 0 Å². The number of rotatable bonds is 8. The molecule has 0 saturated heterocycles. The highest BCUT2D eigenvalue weighted by molar-refractivity contribution is 5.84. The Kier molecular flexibility index (Phi) is 8.22. The van der Waals surface area contributed by atoms with Crippen LogP contribution in [0.15, 0.2) is 55.1 Å². The molecule has 4 rings (SSSR count). The van der Waals surface area contributed by atoms with Crippen molar-refractivity contribution in [3.05, 3.63) is 72.1 Å². The minimum atomic E-state index is 0.0323. The average molecular weight is 433 g/mol. The van der Waals surface area contributed by atoms with Crippen molar-refractivity contribution in [1.82, 2.24) is 0 Å². The fourth-order valence-corrected chi connectivity index (χ4v) is 6.19. The summed E-state index contributed by atoms with van der Waals surface area (Å²) in [5.74, 6) is 2.98. The van der Waals surface area contributed by atoms with Gasteiger partial charge in [-0.15, -0.1) is 6.58 Å². The van der Waals surface area contributed by atoms with Crippen LogP contribution in [0.25, 0.3) is 10.8 Å². The number of benzene rings is 2. The SMILES string of the molecule is C=CC1CCC(CCC2CCC(c3ccc4cc(CC/C=C/C)ccc4c3F)CC2)CC1. The first-order valence-electron chi connectivity index (χ1n) is 13.1. The van der Waals surface area contributed by atoms with E-state index in [0.717, 1.165) is 59.8 Å². The van der Waals surface area contributed by atoms with Crippen molar-refractivity contribution in [2.75, 3.05) is 0 Å². The van der Waals surface area contributed by atoms with Crippen LogP contribution in [0.2, 0.25) is 0 Å². The summed E-state index contributed by atoms with van der Waals surface area (Å²) in [4.78, 5) is 0. The maximum absolute atomic E-state index is 15.4. The summed E-state index contributed by atoms with van der Waals surface area (Å²) in [6, 6.07) is 10.5. The van der Waals surface area contributed by atoms with Gasteiger partial charge in [-0.2, -0.15) is 0 Å². The van der Waals surface area contributed by atoms with Crippen molar-refractivity contribution in [2.45, 2.75) is 89.9 Å². The fraction of sp³-hybridized carbons (Fsp3) is 0.548. The summed E-state index contributed by atoms with van der Waals surface area (Å²) < 4.78 is 15.4. The summed E-state index contributed by atoms with van der Waals surface area (Å²) in [6.07, 6.45) is 21.6. The molecule has 0 nitrogen and oxygen atoms in total. The first-order chi connectivity index (χ1) is 15.7. The molecule has 0 aliphatic heterocycles. The van der Waals surface area contributed by atoms with Gasteiger partial charge in [0.25, 0.3) is 0 Å². The zero-order valence-corrected chi connectivity index (χ0v) is 20.0. The van der Waals surface area contributed by atoms with Crippen LogP contribution in [0.5, 0.6) is 0 Å². The molecule has 32 heavy (non-hydrogen) atoms. The average Bonchev–Trinajstić information content (AvgIpc) is 2.84. The highest BCUT2D eigenvalue weighted by Crippen LogP contribution is 2.41. The van der Waals surface area contributed by atoms with E-state index in [-0.39, 0.29) is 5.82 Å². The smallest absolute Gasteiger partial charge is 0.134 e. The molecule has 0 spiro atoms. The van der Waals surface area contributed by atoms with Crippen LogP contribution in [0.3, 0.4) is 0 Å². The second-order valence-corrected chi connectivity index (χ2v) is 10.4. The van der Waals surface area contributed by atoms with E-state index in [0.29, 0.717) is 5.92 Å². The lowest BCUT2D eigenvalue weighted by molar-refractivity contribution is 0.245. The minimum absolute atomic E-state index is 0.0323. The monoisotopic (exact) mass is 432 g/mol. The zero-order chi connectivity index (χ0) is 22.3. The number of allylic oxidation sites excluding steroid dienone is 3. The summed E-state index contributed by atoms with van der Waals surface area (Å²) >= 11 is 0. The van der Waals surface area contributed by atoms with Crippen LogP contribution < -0.4 is 0 Å². The standard InChI is InChI=1S/C31H41F/c1-3-5-6-7-26-16-20-30-28(22-26)19-21-29(31(30)32)27-17-14-25(15-18-27)13-12-24-10-8-23(4-2)9-11-24/h3-5,16,19-25,27H,2,6-15,17-18H2,1H3/b5-3+. The second-order valence-electron chi connectivity index (χ2n) is 10.4. The number of aryl methyl sites for hydroxylation is 1. The Labute approximate surface area is 195 Å². The molecule has 0 unspecified atom stereocenters. The van der Waals surface area contributed by atoms with E-state index in [1.807, 2.05) is 6.07 Å². The van der Waals surface area contributed by atoms with Gasteiger partial charge in [0, 0.05) is 5.39 Å². The molecule has 0 N–H and O–H groups in total. The van der Waals surface area contributed by atoms with Gasteiger partial charge in [-0.25, -0.2) is 4.39 Å². The van der Waals surface area contributed by atoms with E-state index >= 15 is 4.39 Å². The molecular weight excluding hydrogens is 391 g/mol. The molecule has 2 fully saturated rings. The van der Waals surface area contributed by atoms with Crippen LogP contribution in [-0.2, 0) is 6.42 Å². The molecule has 0 aromatic heterocycles. The van der Waals surface area contributed by atoms with Gasteiger partial charge in [0.15, 0.2) is 0 Å². The minimum Gasteiger partial charge on any atom is -0.206 e. The number of fused-ring (bicyclic) bond motifs is 1. The number of halogens is 1. The van der Waals surface area contributed by atoms with Crippen molar-refractivity contribution in [2.24, 2.45) is 17.8 Å². The number of hydrogen-bond donors (Lipinski definition) is 0. The van der Waals surface area contributed by atoms with E-state index in [1.54, 1.807) is 0 Å². The fourth-order valence-electron chi connectivity index (χ4n) is 6.19. The molecule has 1 heteroatoms. The van der Waals surface area contributed by atoms with E-state index in [9.17, 15) is 0 Å². The van der Waals surface area contributed by atoms with Crippen LogP contribution >= 0.6 is 0 Å². The predicted molar refractivity (Wildman–Crippen MR) is 137 cm³/mol. The van der Waals surface area contributed by atoms with Gasteiger partial charge < -0.3 is 0 Å². The first-order valence-corrected chi connectivity index (χ1v) is 13.1. The molecule has 2 saturated carbocycles. The van der Waals surface area contributed by atoms with Crippen molar-refractivity contribution < 1.29 is 4.39 Å². The zero-order valence-electron chi connectivity index (χ0n) is 20.0. The molecule has 0 bridgehead atoms. The van der Waals surface area contributed by atoms with Gasteiger partial charge in [0.05, 0.1) is 0 Å². The number of hydrogen-bond acceptors (Lipinski definition) is 0. The maximum atomic E-state index is 15.4. The van der Waals surface area contributed by atoms with Crippen molar-refractivity contribution in [3.63, 3.8) is 0 Å². The van der Waals surface area contributed by atoms with E-state index < -0.39 is 0 Å². The third kappa shape index (κ3) is 5.72. The molecule has 0 atom stereocenters. The molecule has 0 radical (unpaired) electrons. The Morgan fingerprint density at radius 1 is 0.906 bits per heavy atom. The molecule has 2 aromatic rings. The van der Waals surface area contributed by atoms with Crippen molar-refractivity contribution in [3.8, 4) is 0 Å². The van der Waals surface area contributed by atoms with Crippen LogP contribution in [0, 0.1) is 23.6 Å². The van der Waals surface area contributed by atoms with Crippen LogP contribution in [0.1, 0.15) is 94.6 Å². The van der Waals surface area contributed by atoms with Gasteiger partial charge in [0.1, 0.15) is 5.82 Å². The summed E-state index contributed by atoms with van der Waals surface area (Å²) in [7, 11) is 0. The van der Waals surface area contributed by atoms with Crippen LogP contribution in [-0.4, -0.2) is 0 Å². The Morgan fingerprint density at radius 2 is 1.59 bits per heavy atom. The lowest BCUT2D eigenvalue weighted by Crippen LogP contribution is -2.17. The molecule has 2 aromatic carbocycles. The summed E-state index contributed by atoms with van der Waals surface area (Å²) in [5.41, 5.74) is 2.25. The van der Waals surface area contributed by atoms with Gasteiger partial charge >= 0.3 is 0 Å². The van der Waals surface area contributed by atoms with E-state index in [2.05, 4.69) is 56.0 Å². The summed E-state index contributed by atoms with van der Waals surface area (Å²) in [6.45, 7) is 6.03. The lowest BCUT2D eigenvalue weighted by atomic mass is 9.74. The predicted octanol–water partition coefficient (Wildman–Crippen LogP) is 9.53. The normalized spacial score (nSPS) is 26.6. The third-order valence-corrected chi connectivity index (χ3v) is 8.38. The van der Waals surface area contributed by atoms with E-state index in [1.165, 1.54) is 56.9 Å². The van der Waals surface area contributed by atoms with E-state index in [4.69, 9.17) is 0 Å². The molecule has 2 aliphatic carbocycles. The van der Waals surface area contributed by atoms with Gasteiger partial charge in [0.2, 0.25) is 0 Å². The molecule has 0 heterocycles. The van der Waals surface area contributed by atoms with Crippen molar-refractivity contribution >= 4 is 10.8 Å². The van der Waals surface area contributed by atoms with Gasteiger partial charge in [-0.05, 0) is 111 Å². The molecule has 2 aliphatic rings. The van der Waals surface area contributed by atoms with Gasteiger partial charge in [-0.3, -0.25) is 0 Å².